The van der Waals surface area contributed by atoms with Crippen molar-refractivity contribution in [3.63, 3.8) is 0 Å². The average molecular weight is 256 g/mol. The SMILES string of the molecule is Cc1cc(C)c(NC(=O)c2ccc(C=O)[nH]2)c(C)c1. The van der Waals surface area contributed by atoms with Crippen LogP contribution in [0, 0.1) is 20.8 Å². The lowest BCUT2D eigenvalue weighted by Gasteiger charge is -2.12. The minimum Gasteiger partial charge on any atom is -0.348 e. The van der Waals surface area contributed by atoms with Gasteiger partial charge in [0.25, 0.3) is 5.91 Å². The second-order valence-electron chi connectivity index (χ2n) is 4.67. The zero-order chi connectivity index (χ0) is 14.0. The fourth-order valence-electron chi connectivity index (χ4n) is 2.17. The van der Waals surface area contributed by atoms with Crippen LogP contribution in [-0.2, 0) is 0 Å². The van der Waals surface area contributed by atoms with E-state index in [2.05, 4.69) is 10.3 Å². The van der Waals surface area contributed by atoms with Gasteiger partial charge in [0.15, 0.2) is 6.29 Å². The van der Waals surface area contributed by atoms with Gasteiger partial charge in [-0.3, -0.25) is 9.59 Å². The molecule has 0 aliphatic heterocycles. The number of aromatic amines is 1. The third-order valence-electron chi connectivity index (χ3n) is 3.00. The van der Waals surface area contributed by atoms with Crippen molar-refractivity contribution in [2.24, 2.45) is 0 Å². The molecule has 0 radical (unpaired) electrons. The molecule has 2 aromatic rings. The molecule has 0 saturated carbocycles. The van der Waals surface area contributed by atoms with Crippen LogP contribution in [-0.4, -0.2) is 17.2 Å². The van der Waals surface area contributed by atoms with E-state index in [0.29, 0.717) is 17.7 Å². The molecule has 1 heterocycles. The number of amides is 1. The van der Waals surface area contributed by atoms with E-state index in [4.69, 9.17) is 0 Å². The van der Waals surface area contributed by atoms with E-state index < -0.39 is 0 Å². The van der Waals surface area contributed by atoms with Gasteiger partial charge in [-0.05, 0) is 44.0 Å². The number of benzene rings is 1. The number of hydrogen-bond acceptors (Lipinski definition) is 2. The van der Waals surface area contributed by atoms with Crippen LogP contribution in [0.5, 0.6) is 0 Å². The average Bonchev–Trinajstić information content (AvgIpc) is 2.82. The maximum Gasteiger partial charge on any atom is 0.272 e. The third-order valence-corrected chi connectivity index (χ3v) is 3.00. The number of aromatic nitrogens is 1. The standard InChI is InChI=1S/C15H16N2O2/c1-9-6-10(2)14(11(3)7-9)17-15(19)13-5-4-12(8-18)16-13/h4-8,16H,1-3H3,(H,17,19). The Morgan fingerprint density at radius 1 is 1.16 bits per heavy atom. The monoisotopic (exact) mass is 256 g/mol. The van der Waals surface area contributed by atoms with Crippen molar-refractivity contribution in [3.8, 4) is 0 Å². The molecule has 1 aromatic carbocycles. The number of carbonyl (C=O) groups excluding carboxylic acids is 2. The molecule has 0 saturated heterocycles. The Labute approximate surface area is 111 Å². The van der Waals surface area contributed by atoms with Gasteiger partial charge in [0.05, 0.1) is 5.69 Å². The highest BCUT2D eigenvalue weighted by molar-refractivity contribution is 6.04. The molecular weight excluding hydrogens is 240 g/mol. The summed E-state index contributed by atoms with van der Waals surface area (Å²) in [5, 5.41) is 2.87. The molecule has 0 fully saturated rings. The van der Waals surface area contributed by atoms with Crippen LogP contribution >= 0.6 is 0 Å². The fourth-order valence-corrected chi connectivity index (χ4v) is 2.17. The molecule has 0 bridgehead atoms. The van der Waals surface area contributed by atoms with E-state index in [0.717, 1.165) is 22.4 Å². The van der Waals surface area contributed by atoms with Crippen LogP contribution in [0.1, 0.15) is 37.7 Å². The summed E-state index contributed by atoms with van der Waals surface area (Å²) in [6.07, 6.45) is 0.680. The predicted octanol–water partition coefficient (Wildman–Crippen LogP) is 3.00. The van der Waals surface area contributed by atoms with Gasteiger partial charge in [0.1, 0.15) is 5.69 Å². The van der Waals surface area contributed by atoms with Crippen molar-refractivity contribution >= 4 is 17.9 Å². The molecule has 2 rings (SSSR count). The van der Waals surface area contributed by atoms with E-state index in [-0.39, 0.29) is 5.91 Å². The van der Waals surface area contributed by atoms with Crippen molar-refractivity contribution in [2.75, 3.05) is 5.32 Å². The third kappa shape index (κ3) is 2.73. The minimum absolute atomic E-state index is 0.247. The summed E-state index contributed by atoms with van der Waals surface area (Å²) in [6.45, 7) is 5.94. The van der Waals surface area contributed by atoms with Gasteiger partial charge >= 0.3 is 0 Å². The van der Waals surface area contributed by atoms with Gasteiger partial charge in [-0.25, -0.2) is 0 Å². The molecule has 98 valence electrons. The zero-order valence-corrected chi connectivity index (χ0v) is 11.2. The molecule has 0 aliphatic carbocycles. The Morgan fingerprint density at radius 2 is 1.79 bits per heavy atom. The van der Waals surface area contributed by atoms with Crippen LogP contribution in [0.4, 0.5) is 5.69 Å². The number of H-pyrrole nitrogens is 1. The molecule has 0 aliphatic rings. The normalized spacial score (nSPS) is 10.3. The first-order chi connectivity index (χ1) is 9.01. The number of nitrogens with one attached hydrogen (secondary N) is 2. The molecule has 4 nitrogen and oxygen atoms in total. The number of rotatable bonds is 3. The van der Waals surface area contributed by atoms with Gasteiger partial charge < -0.3 is 10.3 Å². The molecule has 0 spiro atoms. The van der Waals surface area contributed by atoms with Crippen molar-refractivity contribution < 1.29 is 9.59 Å². The quantitative estimate of drug-likeness (QED) is 0.829. The molecule has 19 heavy (non-hydrogen) atoms. The highest BCUT2D eigenvalue weighted by Crippen LogP contribution is 2.22. The number of aryl methyl sites for hydroxylation is 3. The maximum absolute atomic E-state index is 12.1. The fraction of sp³-hybridized carbons (Fsp3) is 0.200. The summed E-state index contributed by atoms with van der Waals surface area (Å²) in [5.41, 5.74) is 4.79. The molecule has 0 atom stereocenters. The Morgan fingerprint density at radius 3 is 2.32 bits per heavy atom. The lowest BCUT2D eigenvalue weighted by molar-refractivity contribution is 0.102. The Balaban J connectivity index is 2.26. The smallest absolute Gasteiger partial charge is 0.272 e. The summed E-state index contributed by atoms with van der Waals surface area (Å²) < 4.78 is 0. The number of carbonyl (C=O) groups is 2. The molecule has 2 N–H and O–H groups in total. The van der Waals surface area contributed by atoms with E-state index >= 15 is 0 Å². The van der Waals surface area contributed by atoms with Crippen LogP contribution in [0.15, 0.2) is 24.3 Å². The lowest BCUT2D eigenvalue weighted by atomic mass is 10.1. The van der Waals surface area contributed by atoms with Gasteiger partial charge in [-0.2, -0.15) is 0 Å². The number of anilines is 1. The molecule has 4 heteroatoms. The topological polar surface area (TPSA) is 62.0 Å². The summed E-state index contributed by atoms with van der Waals surface area (Å²) >= 11 is 0. The Kier molecular flexibility index (Phi) is 3.51. The van der Waals surface area contributed by atoms with E-state index in [9.17, 15) is 9.59 Å². The summed E-state index contributed by atoms with van der Waals surface area (Å²) in [5.74, 6) is -0.247. The van der Waals surface area contributed by atoms with Crippen LogP contribution in [0.3, 0.4) is 0 Å². The highest BCUT2D eigenvalue weighted by atomic mass is 16.2. The molecule has 0 unspecified atom stereocenters. The first kappa shape index (κ1) is 13.1. The van der Waals surface area contributed by atoms with Crippen molar-refractivity contribution in [1.82, 2.24) is 4.98 Å². The summed E-state index contributed by atoms with van der Waals surface area (Å²) in [4.78, 5) is 25.4. The largest absolute Gasteiger partial charge is 0.348 e. The molecule has 1 amide bonds. The van der Waals surface area contributed by atoms with Gasteiger partial charge in [-0.15, -0.1) is 0 Å². The number of aldehydes is 1. The summed E-state index contributed by atoms with van der Waals surface area (Å²) in [6, 6.07) is 7.22. The lowest BCUT2D eigenvalue weighted by Crippen LogP contribution is -2.14. The predicted molar refractivity (Wildman–Crippen MR) is 74.8 cm³/mol. The highest BCUT2D eigenvalue weighted by Gasteiger charge is 2.11. The van der Waals surface area contributed by atoms with Crippen molar-refractivity contribution in [2.45, 2.75) is 20.8 Å². The van der Waals surface area contributed by atoms with Gasteiger partial charge in [0.2, 0.25) is 0 Å². The van der Waals surface area contributed by atoms with Crippen molar-refractivity contribution in [1.29, 1.82) is 0 Å². The first-order valence-electron chi connectivity index (χ1n) is 6.04. The Hall–Kier alpha value is -2.36. The molecule has 1 aromatic heterocycles. The van der Waals surface area contributed by atoms with E-state index in [1.54, 1.807) is 12.1 Å². The van der Waals surface area contributed by atoms with Crippen LogP contribution in [0.2, 0.25) is 0 Å². The van der Waals surface area contributed by atoms with Crippen LogP contribution < -0.4 is 5.32 Å². The Bertz CT molecular complexity index is 618. The summed E-state index contributed by atoms with van der Waals surface area (Å²) in [7, 11) is 0. The zero-order valence-electron chi connectivity index (χ0n) is 11.2. The van der Waals surface area contributed by atoms with E-state index in [1.807, 2.05) is 32.9 Å². The van der Waals surface area contributed by atoms with Gasteiger partial charge in [-0.1, -0.05) is 17.7 Å². The molecular formula is C15H16N2O2. The maximum atomic E-state index is 12.1. The second kappa shape index (κ2) is 5.10. The number of hydrogen-bond donors (Lipinski definition) is 2. The first-order valence-corrected chi connectivity index (χ1v) is 6.04. The van der Waals surface area contributed by atoms with E-state index in [1.165, 1.54) is 0 Å². The van der Waals surface area contributed by atoms with Gasteiger partial charge in [0, 0.05) is 5.69 Å². The van der Waals surface area contributed by atoms with Crippen LogP contribution in [0.25, 0.3) is 0 Å². The van der Waals surface area contributed by atoms with Crippen molar-refractivity contribution in [3.05, 3.63) is 52.3 Å². The minimum atomic E-state index is -0.247. The second-order valence-corrected chi connectivity index (χ2v) is 4.67.